The van der Waals surface area contributed by atoms with Crippen molar-refractivity contribution in [2.45, 2.75) is 12.7 Å². The van der Waals surface area contributed by atoms with Crippen LogP contribution in [0.1, 0.15) is 5.76 Å². The average Bonchev–Trinajstić information content (AvgIpc) is 2.46. The summed E-state index contributed by atoms with van der Waals surface area (Å²) >= 11 is 5.46. The van der Waals surface area contributed by atoms with Crippen molar-refractivity contribution in [3.05, 3.63) is 23.1 Å². The highest BCUT2D eigenvalue weighted by Crippen LogP contribution is 2.20. The lowest BCUT2D eigenvalue weighted by Crippen LogP contribution is -2.37. The summed E-state index contributed by atoms with van der Waals surface area (Å²) in [6.45, 7) is -2.31. The maximum absolute atomic E-state index is 12.2. The number of nitrogens with zero attached hydrogens (tertiary/aromatic N) is 1. The molecule has 0 atom stereocenters. The molecule has 0 amide bonds. The zero-order chi connectivity index (χ0) is 13.1. The lowest BCUT2D eigenvalue weighted by molar-refractivity contribution is -0.155. The minimum atomic E-state index is -4.47. The van der Waals surface area contributed by atoms with Crippen molar-refractivity contribution in [1.82, 2.24) is 4.90 Å². The van der Waals surface area contributed by atoms with E-state index in [9.17, 15) is 18.0 Å². The molecule has 1 aromatic heterocycles. The van der Waals surface area contributed by atoms with E-state index in [4.69, 9.17) is 21.1 Å². The van der Waals surface area contributed by atoms with Crippen molar-refractivity contribution in [1.29, 1.82) is 0 Å². The van der Waals surface area contributed by atoms with Crippen LogP contribution in [0, 0.1) is 0 Å². The van der Waals surface area contributed by atoms with Crippen LogP contribution < -0.4 is 0 Å². The zero-order valence-electron chi connectivity index (χ0n) is 8.50. The smallest absolute Gasteiger partial charge is 0.401 e. The van der Waals surface area contributed by atoms with Gasteiger partial charge in [0.25, 0.3) is 0 Å². The molecule has 0 spiro atoms. The number of hydrogen-bond acceptors (Lipinski definition) is 3. The van der Waals surface area contributed by atoms with Crippen LogP contribution in [0.25, 0.3) is 0 Å². The highest BCUT2D eigenvalue weighted by atomic mass is 35.5. The molecule has 0 saturated heterocycles. The molecule has 1 aromatic rings. The summed E-state index contributed by atoms with van der Waals surface area (Å²) in [5.74, 6) is -1.16. The van der Waals surface area contributed by atoms with E-state index >= 15 is 0 Å². The SMILES string of the molecule is O=C(O)CN(Cc1ccc(Cl)o1)CC(F)(F)F. The highest BCUT2D eigenvalue weighted by Gasteiger charge is 2.31. The van der Waals surface area contributed by atoms with Gasteiger partial charge in [0.2, 0.25) is 0 Å². The highest BCUT2D eigenvalue weighted by molar-refractivity contribution is 6.28. The molecule has 1 heterocycles. The van der Waals surface area contributed by atoms with Gasteiger partial charge in [0.05, 0.1) is 19.6 Å². The molecule has 8 heteroatoms. The van der Waals surface area contributed by atoms with E-state index in [1.54, 1.807) is 0 Å². The zero-order valence-corrected chi connectivity index (χ0v) is 9.25. The Labute approximate surface area is 99.6 Å². The van der Waals surface area contributed by atoms with Crippen LogP contribution in [0.5, 0.6) is 0 Å². The summed E-state index contributed by atoms with van der Waals surface area (Å²) in [6, 6.07) is 2.77. The molecule has 17 heavy (non-hydrogen) atoms. The fraction of sp³-hybridized carbons (Fsp3) is 0.444. The van der Waals surface area contributed by atoms with Gasteiger partial charge >= 0.3 is 12.1 Å². The van der Waals surface area contributed by atoms with Gasteiger partial charge in [-0.1, -0.05) is 0 Å². The van der Waals surface area contributed by atoms with Crippen LogP contribution in [0.15, 0.2) is 16.5 Å². The van der Waals surface area contributed by atoms with Crippen LogP contribution in [-0.2, 0) is 11.3 Å². The van der Waals surface area contributed by atoms with Crippen LogP contribution in [0.2, 0.25) is 5.22 Å². The average molecular weight is 272 g/mol. The number of carboxylic acids is 1. The fourth-order valence-corrected chi connectivity index (χ4v) is 1.43. The Balaban J connectivity index is 2.66. The Kier molecular flexibility index (Phi) is 4.41. The molecule has 4 nitrogen and oxygen atoms in total. The number of aliphatic carboxylic acids is 1. The monoisotopic (exact) mass is 271 g/mol. The maximum atomic E-state index is 12.2. The molecular formula is C9H9ClF3NO3. The first kappa shape index (κ1) is 13.9. The third kappa shape index (κ3) is 5.60. The Morgan fingerprint density at radius 3 is 2.53 bits per heavy atom. The number of hydrogen-bond donors (Lipinski definition) is 1. The van der Waals surface area contributed by atoms with Gasteiger partial charge in [-0.25, -0.2) is 0 Å². The second kappa shape index (κ2) is 5.42. The van der Waals surface area contributed by atoms with E-state index in [1.165, 1.54) is 12.1 Å². The molecular weight excluding hydrogens is 263 g/mol. The molecule has 0 fully saturated rings. The minimum Gasteiger partial charge on any atom is -0.480 e. The largest absolute Gasteiger partial charge is 0.480 e. The lowest BCUT2D eigenvalue weighted by atomic mass is 10.3. The standard InChI is InChI=1S/C9H9ClF3NO3/c10-7-2-1-6(17-7)3-14(4-8(15)16)5-9(11,12)13/h1-2H,3-5H2,(H,15,16). The predicted octanol–water partition coefficient (Wildman–Crippen LogP) is 2.38. The molecule has 0 radical (unpaired) electrons. The van der Waals surface area contributed by atoms with Crippen molar-refractivity contribution >= 4 is 17.6 Å². The van der Waals surface area contributed by atoms with Crippen molar-refractivity contribution in [2.75, 3.05) is 13.1 Å². The second-order valence-electron chi connectivity index (χ2n) is 3.36. The fourth-order valence-electron chi connectivity index (χ4n) is 1.27. The van der Waals surface area contributed by atoms with Crippen LogP contribution >= 0.6 is 11.6 Å². The first-order chi connectivity index (χ1) is 7.76. The molecule has 1 rings (SSSR count). The van der Waals surface area contributed by atoms with Gasteiger partial charge in [0.1, 0.15) is 5.76 Å². The van der Waals surface area contributed by atoms with E-state index in [1.807, 2.05) is 0 Å². The van der Waals surface area contributed by atoms with Crippen LogP contribution in [0.3, 0.4) is 0 Å². The molecule has 0 unspecified atom stereocenters. The first-order valence-corrected chi connectivity index (χ1v) is 4.89. The number of halogens is 4. The number of rotatable bonds is 5. The topological polar surface area (TPSA) is 53.7 Å². The summed E-state index contributed by atoms with van der Waals surface area (Å²) in [5.41, 5.74) is 0. The summed E-state index contributed by atoms with van der Waals surface area (Å²) in [6.07, 6.45) is -4.47. The predicted molar refractivity (Wildman–Crippen MR) is 52.7 cm³/mol. The summed E-state index contributed by atoms with van der Waals surface area (Å²) in [7, 11) is 0. The van der Waals surface area contributed by atoms with Gasteiger partial charge in [-0.15, -0.1) is 0 Å². The number of furan rings is 1. The lowest BCUT2D eigenvalue weighted by Gasteiger charge is -2.20. The molecule has 0 aromatic carbocycles. The van der Waals surface area contributed by atoms with E-state index in [0.29, 0.717) is 4.90 Å². The molecule has 0 saturated carbocycles. The van der Waals surface area contributed by atoms with Crippen LogP contribution in [0.4, 0.5) is 13.2 Å². The molecule has 1 N–H and O–H groups in total. The van der Waals surface area contributed by atoms with Crippen molar-refractivity contribution in [3.8, 4) is 0 Å². The molecule has 0 aliphatic carbocycles. The van der Waals surface area contributed by atoms with E-state index in [-0.39, 0.29) is 17.5 Å². The van der Waals surface area contributed by atoms with E-state index < -0.39 is 25.2 Å². The molecule has 0 aliphatic heterocycles. The Hall–Kier alpha value is -1.21. The van der Waals surface area contributed by atoms with Gasteiger partial charge in [-0.3, -0.25) is 9.69 Å². The molecule has 0 bridgehead atoms. The van der Waals surface area contributed by atoms with Crippen molar-refractivity contribution in [2.24, 2.45) is 0 Å². The Morgan fingerprint density at radius 1 is 1.47 bits per heavy atom. The Bertz CT molecular complexity index is 391. The molecule has 96 valence electrons. The van der Waals surface area contributed by atoms with E-state index in [2.05, 4.69) is 0 Å². The Morgan fingerprint density at radius 2 is 2.12 bits per heavy atom. The van der Waals surface area contributed by atoms with Gasteiger partial charge in [0.15, 0.2) is 5.22 Å². The number of alkyl halides is 3. The number of carboxylic acid groups (broad SMARTS) is 1. The number of carbonyl (C=O) groups is 1. The van der Waals surface area contributed by atoms with Gasteiger partial charge in [-0.2, -0.15) is 13.2 Å². The third-order valence-electron chi connectivity index (χ3n) is 1.77. The second-order valence-corrected chi connectivity index (χ2v) is 3.73. The maximum Gasteiger partial charge on any atom is 0.401 e. The van der Waals surface area contributed by atoms with Gasteiger partial charge < -0.3 is 9.52 Å². The first-order valence-electron chi connectivity index (χ1n) is 4.51. The van der Waals surface area contributed by atoms with Gasteiger partial charge in [-0.05, 0) is 23.7 Å². The van der Waals surface area contributed by atoms with Crippen molar-refractivity contribution < 1.29 is 27.5 Å². The minimum absolute atomic E-state index is 0.0438. The normalized spacial score (nSPS) is 12.1. The quantitative estimate of drug-likeness (QED) is 0.893. The summed E-state index contributed by atoms with van der Waals surface area (Å²) in [4.78, 5) is 11.1. The third-order valence-corrected chi connectivity index (χ3v) is 1.97. The van der Waals surface area contributed by atoms with E-state index in [0.717, 1.165) is 0 Å². The van der Waals surface area contributed by atoms with Crippen LogP contribution in [-0.4, -0.2) is 35.2 Å². The summed E-state index contributed by atoms with van der Waals surface area (Å²) < 4.78 is 41.4. The van der Waals surface area contributed by atoms with Crippen molar-refractivity contribution in [3.63, 3.8) is 0 Å². The summed E-state index contributed by atoms with van der Waals surface area (Å²) in [5, 5.41) is 8.54. The van der Waals surface area contributed by atoms with Gasteiger partial charge in [0, 0.05) is 0 Å². The molecule has 0 aliphatic rings.